The van der Waals surface area contributed by atoms with Gasteiger partial charge in [0.1, 0.15) is 0 Å². The number of carbonyl (C=O) groups excluding carboxylic acids is 2. The van der Waals surface area contributed by atoms with E-state index >= 15 is 0 Å². The summed E-state index contributed by atoms with van der Waals surface area (Å²) in [5, 5.41) is 5.76. The van der Waals surface area contributed by atoms with Crippen molar-refractivity contribution in [2.24, 2.45) is 0 Å². The number of aryl methyl sites for hydroxylation is 1. The minimum absolute atomic E-state index is 0.193. The summed E-state index contributed by atoms with van der Waals surface area (Å²) in [4.78, 5) is 29.5. The van der Waals surface area contributed by atoms with E-state index in [-0.39, 0.29) is 18.2 Å². The van der Waals surface area contributed by atoms with Crippen LogP contribution in [-0.4, -0.2) is 23.3 Å². The fraction of sp³-hybridized carbons (Fsp3) is 0.148. The minimum Gasteiger partial charge on any atom is -0.441 e. The van der Waals surface area contributed by atoms with E-state index in [2.05, 4.69) is 15.6 Å². The molecule has 2 N–H and O–H groups in total. The van der Waals surface area contributed by atoms with Crippen LogP contribution in [0.25, 0.3) is 11.3 Å². The number of nitrogens with zero attached hydrogens (tertiary/aromatic N) is 1. The molecule has 4 rings (SSSR count). The van der Waals surface area contributed by atoms with E-state index in [1.807, 2.05) is 60.7 Å². The first kappa shape index (κ1) is 22.0. The molecule has 3 aromatic carbocycles. The van der Waals surface area contributed by atoms with E-state index in [9.17, 15) is 9.59 Å². The second-order valence-corrected chi connectivity index (χ2v) is 7.57. The van der Waals surface area contributed by atoms with Gasteiger partial charge in [-0.15, -0.1) is 0 Å². The Labute approximate surface area is 192 Å². The van der Waals surface area contributed by atoms with Crippen molar-refractivity contribution in [2.45, 2.75) is 19.3 Å². The quantitative estimate of drug-likeness (QED) is 0.389. The lowest BCUT2D eigenvalue weighted by Gasteiger charge is -2.11. The Hall–Kier alpha value is -4.19. The zero-order valence-corrected chi connectivity index (χ0v) is 18.2. The number of para-hydroxylation sites is 1. The van der Waals surface area contributed by atoms with Crippen molar-refractivity contribution in [3.63, 3.8) is 0 Å². The molecule has 0 aliphatic heterocycles. The summed E-state index contributed by atoms with van der Waals surface area (Å²) in [5.74, 6) is 0.737. The Balaban J connectivity index is 1.30. The van der Waals surface area contributed by atoms with Crippen molar-refractivity contribution in [1.29, 1.82) is 0 Å². The minimum atomic E-state index is -0.220. The van der Waals surface area contributed by atoms with Crippen molar-refractivity contribution < 1.29 is 14.0 Å². The van der Waals surface area contributed by atoms with Crippen LogP contribution in [0.4, 0.5) is 5.69 Å². The third-order valence-electron chi connectivity index (χ3n) is 5.17. The Bertz CT molecular complexity index is 1200. The first-order chi connectivity index (χ1) is 16.2. The molecule has 1 aromatic heterocycles. The van der Waals surface area contributed by atoms with Gasteiger partial charge in [0.2, 0.25) is 5.91 Å². The average Bonchev–Trinajstić information content (AvgIpc) is 3.33. The van der Waals surface area contributed by atoms with Crippen LogP contribution in [0.1, 0.15) is 28.2 Å². The number of rotatable bonds is 9. The molecule has 6 heteroatoms. The molecule has 0 saturated heterocycles. The fourth-order valence-electron chi connectivity index (χ4n) is 3.45. The van der Waals surface area contributed by atoms with Gasteiger partial charge < -0.3 is 15.1 Å². The number of benzene rings is 3. The van der Waals surface area contributed by atoms with Crippen LogP contribution >= 0.6 is 0 Å². The van der Waals surface area contributed by atoms with Gasteiger partial charge in [-0.05, 0) is 24.1 Å². The molecule has 6 nitrogen and oxygen atoms in total. The molecule has 0 aliphatic carbocycles. The van der Waals surface area contributed by atoms with Crippen molar-refractivity contribution in [3.8, 4) is 11.3 Å². The van der Waals surface area contributed by atoms with E-state index in [1.54, 1.807) is 30.5 Å². The predicted octanol–water partition coefficient (Wildman–Crippen LogP) is 4.89. The van der Waals surface area contributed by atoms with E-state index in [4.69, 9.17) is 4.42 Å². The number of aromatic nitrogens is 1. The van der Waals surface area contributed by atoms with Crippen molar-refractivity contribution in [3.05, 3.63) is 108 Å². The van der Waals surface area contributed by atoms with E-state index in [0.29, 0.717) is 35.9 Å². The summed E-state index contributed by atoms with van der Waals surface area (Å²) < 4.78 is 5.76. The van der Waals surface area contributed by atoms with Crippen LogP contribution in [-0.2, 0) is 17.6 Å². The summed E-state index contributed by atoms with van der Waals surface area (Å²) in [6.07, 6.45) is 2.96. The molecule has 0 saturated carbocycles. The molecule has 0 fully saturated rings. The van der Waals surface area contributed by atoms with Gasteiger partial charge in [-0.2, -0.15) is 0 Å². The highest BCUT2D eigenvalue weighted by Gasteiger charge is 2.14. The number of carbonyl (C=O) groups is 2. The molecule has 1 heterocycles. The SMILES string of the molecule is O=C(CCc1ncc(-c2ccccc2)o1)Nc1ccccc1C(=O)NCCc1ccccc1. The lowest BCUT2D eigenvalue weighted by Crippen LogP contribution is -2.27. The number of nitrogens with one attached hydrogen (secondary N) is 2. The zero-order valence-electron chi connectivity index (χ0n) is 18.2. The summed E-state index contributed by atoms with van der Waals surface area (Å²) in [7, 11) is 0. The third-order valence-corrected chi connectivity index (χ3v) is 5.17. The average molecular weight is 440 g/mol. The number of hydrogen-bond donors (Lipinski definition) is 2. The molecular formula is C27H25N3O3. The molecule has 0 radical (unpaired) electrons. The summed E-state index contributed by atoms with van der Waals surface area (Å²) in [6.45, 7) is 0.513. The first-order valence-electron chi connectivity index (χ1n) is 10.9. The molecule has 0 spiro atoms. The monoisotopic (exact) mass is 439 g/mol. The Morgan fingerprint density at radius 1 is 0.818 bits per heavy atom. The highest BCUT2D eigenvalue weighted by Crippen LogP contribution is 2.21. The van der Waals surface area contributed by atoms with Crippen molar-refractivity contribution in [1.82, 2.24) is 10.3 Å². The Morgan fingerprint density at radius 3 is 2.30 bits per heavy atom. The van der Waals surface area contributed by atoms with E-state index < -0.39 is 0 Å². The van der Waals surface area contributed by atoms with E-state index in [0.717, 1.165) is 17.5 Å². The largest absolute Gasteiger partial charge is 0.441 e. The summed E-state index contributed by atoms with van der Waals surface area (Å²) in [5.41, 5.74) is 3.01. The summed E-state index contributed by atoms with van der Waals surface area (Å²) >= 11 is 0. The van der Waals surface area contributed by atoms with Gasteiger partial charge >= 0.3 is 0 Å². The maximum absolute atomic E-state index is 12.7. The van der Waals surface area contributed by atoms with Gasteiger partial charge in [-0.1, -0.05) is 72.8 Å². The third kappa shape index (κ3) is 6.17. The van der Waals surface area contributed by atoms with Gasteiger partial charge in [0.05, 0.1) is 17.4 Å². The molecule has 4 aromatic rings. The molecule has 166 valence electrons. The zero-order chi connectivity index (χ0) is 22.9. The number of anilines is 1. The molecule has 0 aliphatic rings. The maximum Gasteiger partial charge on any atom is 0.253 e. The van der Waals surface area contributed by atoms with Crippen LogP contribution in [0.5, 0.6) is 0 Å². The topological polar surface area (TPSA) is 84.2 Å². The molecule has 0 atom stereocenters. The van der Waals surface area contributed by atoms with Gasteiger partial charge in [0, 0.05) is 24.9 Å². The first-order valence-corrected chi connectivity index (χ1v) is 10.9. The number of amides is 2. The van der Waals surface area contributed by atoms with E-state index in [1.165, 1.54) is 0 Å². The maximum atomic E-state index is 12.7. The molecule has 0 bridgehead atoms. The van der Waals surface area contributed by atoms with Gasteiger partial charge in [-0.3, -0.25) is 9.59 Å². The number of oxazole rings is 1. The normalized spacial score (nSPS) is 10.5. The van der Waals surface area contributed by atoms with Crippen molar-refractivity contribution >= 4 is 17.5 Å². The fourth-order valence-corrected chi connectivity index (χ4v) is 3.45. The highest BCUT2D eigenvalue weighted by molar-refractivity contribution is 6.03. The molecule has 0 unspecified atom stereocenters. The lowest BCUT2D eigenvalue weighted by molar-refractivity contribution is -0.116. The second kappa shape index (κ2) is 10.9. The van der Waals surface area contributed by atoms with Crippen LogP contribution in [0, 0.1) is 0 Å². The smallest absolute Gasteiger partial charge is 0.253 e. The van der Waals surface area contributed by atoms with Crippen LogP contribution < -0.4 is 10.6 Å². The summed E-state index contributed by atoms with van der Waals surface area (Å²) in [6, 6.07) is 26.6. The highest BCUT2D eigenvalue weighted by atomic mass is 16.4. The lowest BCUT2D eigenvalue weighted by atomic mass is 10.1. The Kier molecular flexibility index (Phi) is 7.28. The Morgan fingerprint density at radius 2 is 1.52 bits per heavy atom. The molecule has 2 amide bonds. The standard InChI is InChI=1S/C27H25N3O3/c31-25(15-16-26-29-19-24(33-26)21-11-5-2-6-12-21)30-23-14-8-7-13-22(23)27(32)28-18-17-20-9-3-1-4-10-20/h1-14,19H,15-18H2,(H,28,32)(H,30,31). The van der Waals surface area contributed by atoms with Crippen LogP contribution in [0.15, 0.2) is 95.5 Å². The van der Waals surface area contributed by atoms with Crippen LogP contribution in [0.2, 0.25) is 0 Å². The predicted molar refractivity (Wildman–Crippen MR) is 128 cm³/mol. The number of hydrogen-bond acceptors (Lipinski definition) is 4. The molecule has 33 heavy (non-hydrogen) atoms. The van der Waals surface area contributed by atoms with Crippen molar-refractivity contribution in [2.75, 3.05) is 11.9 Å². The van der Waals surface area contributed by atoms with Gasteiger partial charge in [0.15, 0.2) is 11.7 Å². The van der Waals surface area contributed by atoms with Gasteiger partial charge in [0.25, 0.3) is 5.91 Å². The second-order valence-electron chi connectivity index (χ2n) is 7.57. The van der Waals surface area contributed by atoms with Crippen LogP contribution in [0.3, 0.4) is 0 Å². The molecular weight excluding hydrogens is 414 g/mol. The van der Waals surface area contributed by atoms with Gasteiger partial charge in [-0.25, -0.2) is 4.98 Å².